The standard InChI is InChI=1S/C29H29NO5/c1-3-34-23-15-13-21(14-16-23)27(31)25-26(22-11-8-12-24(19-22)35-4-2)30(29(33)28(25)32)18-17-20-9-6-5-7-10-20/h5-16,19,26,31H,3-4,17-18H2,1-2H3/b27-25+. The van der Waals surface area contributed by atoms with Gasteiger partial charge in [0.15, 0.2) is 0 Å². The van der Waals surface area contributed by atoms with E-state index in [1.165, 1.54) is 0 Å². The topological polar surface area (TPSA) is 76.1 Å². The third-order valence-corrected chi connectivity index (χ3v) is 5.95. The van der Waals surface area contributed by atoms with E-state index in [1.54, 1.807) is 29.2 Å². The summed E-state index contributed by atoms with van der Waals surface area (Å²) in [4.78, 5) is 28.0. The van der Waals surface area contributed by atoms with Crippen LogP contribution in [0, 0.1) is 0 Å². The number of carbonyl (C=O) groups is 2. The smallest absolute Gasteiger partial charge is 0.295 e. The van der Waals surface area contributed by atoms with Crippen molar-refractivity contribution in [2.75, 3.05) is 19.8 Å². The molecule has 35 heavy (non-hydrogen) atoms. The molecule has 4 rings (SSSR count). The number of ketones is 1. The molecule has 6 heteroatoms. The zero-order chi connectivity index (χ0) is 24.8. The lowest BCUT2D eigenvalue weighted by Gasteiger charge is -2.25. The molecule has 1 amide bonds. The minimum absolute atomic E-state index is 0.0703. The van der Waals surface area contributed by atoms with Crippen LogP contribution in [0.25, 0.3) is 5.76 Å². The molecule has 1 fully saturated rings. The lowest BCUT2D eigenvalue weighted by Crippen LogP contribution is -2.31. The van der Waals surface area contributed by atoms with Gasteiger partial charge in [-0.3, -0.25) is 9.59 Å². The van der Waals surface area contributed by atoms with Crippen LogP contribution in [0.1, 0.15) is 36.6 Å². The third kappa shape index (κ3) is 5.22. The zero-order valence-electron chi connectivity index (χ0n) is 19.9. The van der Waals surface area contributed by atoms with Gasteiger partial charge >= 0.3 is 0 Å². The molecule has 180 valence electrons. The highest BCUT2D eigenvalue weighted by molar-refractivity contribution is 6.46. The maximum absolute atomic E-state index is 13.2. The molecular formula is C29H29NO5. The maximum Gasteiger partial charge on any atom is 0.295 e. The molecule has 1 saturated heterocycles. The van der Waals surface area contributed by atoms with Crippen molar-refractivity contribution in [3.05, 3.63) is 101 Å². The molecule has 0 aromatic heterocycles. The summed E-state index contributed by atoms with van der Waals surface area (Å²) in [6.45, 7) is 5.13. The molecule has 0 saturated carbocycles. The van der Waals surface area contributed by atoms with E-state index in [9.17, 15) is 14.7 Å². The molecule has 3 aromatic rings. The van der Waals surface area contributed by atoms with Gasteiger partial charge in [-0.15, -0.1) is 0 Å². The van der Waals surface area contributed by atoms with Crippen molar-refractivity contribution in [2.24, 2.45) is 0 Å². The van der Waals surface area contributed by atoms with E-state index in [2.05, 4.69) is 0 Å². The van der Waals surface area contributed by atoms with E-state index >= 15 is 0 Å². The molecule has 0 bridgehead atoms. The van der Waals surface area contributed by atoms with Gasteiger partial charge in [0, 0.05) is 12.1 Å². The predicted octanol–water partition coefficient (Wildman–Crippen LogP) is 5.15. The molecule has 1 aliphatic rings. The summed E-state index contributed by atoms with van der Waals surface area (Å²) < 4.78 is 11.1. The van der Waals surface area contributed by atoms with Gasteiger partial charge in [0.1, 0.15) is 17.3 Å². The van der Waals surface area contributed by atoms with Gasteiger partial charge in [0.05, 0.1) is 24.8 Å². The normalized spacial score (nSPS) is 17.0. The van der Waals surface area contributed by atoms with E-state index in [1.807, 2.05) is 68.4 Å². The number of rotatable bonds is 9. The Kier molecular flexibility index (Phi) is 7.51. The number of likely N-dealkylation sites (tertiary alicyclic amines) is 1. The Hall–Kier alpha value is -4.06. The SMILES string of the molecule is CCOc1ccc(/C(O)=C2\C(=O)C(=O)N(CCc3ccccc3)C2c2cccc(OCC)c2)cc1. The maximum atomic E-state index is 13.2. The fourth-order valence-corrected chi connectivity index (χ4v) is 4.32. The van der Waals surface area contributed by atoms with Crippen LogP contribution < -0.4 is 9.47 Å². The van der Waals surface area contributed by atoms with Crippen LogP contribution in [0.4, 0.5) is 0 Å². The minimum atomic E-state index is -0.731. The Bertz CT molecular complexity index is 1220. The summed E-state index contributed by atoms with van der Waals surface area (Å²) in [7, 11) is 0. The van der Waals surface area contributed by atoms with Crippen LogP contribution in [0.5, 0.6) is 11.5 Å². The first kappa shape index (κ1) is 24.1. The van der Waals surface area contributed by atoms with Crippen LogP contribution >= 0.6 is 0 Å². The highest BCUT2D eigenvalue weighted by Gasteiger charge is 2.45. The van der Waals surface area contributed by atoms with Crippen LogP contribution in [0.3, 0.4) is 0 Å². The van der Waals surface area contributed by atoms with Gasteiger partial charge in [0.2, 0.25) is 0 Å². The molecule has 0 aliphatic carbocycles. The summed E-state index contributed by atoms with van der Waals surface area (Å²) >= 11 is 0. The van der Waals surface area contributed by atoms with Crippen molar-refractivity contribution in [2.45, 2.75) is 26.3 Å². The predicted molar refractivity (Wildman–Crippen MR) is 134 cm³/mol. The molecule has 0 spiro atoms. The Morgan fingerprint density at radius 3 is 2.23 bits per heavy atom. The first-order valence-electron chi connectivity index (χ1n) is 11.8. The van der Waals surface area contributed by atoms with Gasteiger partial charge in [-0.05, 0) is 67.8 Å². The third-order valence-electron chi connectivity index (χ3n) is 5.95. The number of aliphatic hydroxyl groups is 1. The summed E-state index contributed by atoms with van der Waals surface area (Å²) in [5, 5.41) is 11.2. The van der Waals surface area contributed by atoms with E-state index in [0.29, 0.717) is 48.8 Å². The van der Waals surface area contributed by atoms with Crippen LogP contribution in [0.15, 0.2) is 84.4 Å². The van der Waals surface area contributed by atoms with Crippen molar-refractivity contribution in [1.29, 1.82) is 0 Å². The number of amides is 1. The Labute approximate surface area is 205 Å². The average molecular weight is 472 g/mol. The highest BCUT2D eigenvalue weighted by atomic mass is 16.5. The fraction of sp³-hybridized carbons (Fsp3) is 0.241. The van der Waals surface area contributed by atoms with Gasteiger partial charge in [-0.1, -0.05) is 42.5 Å². The highest BCUT2D eigenvalue weighted by Crippen LogP contribution is 2.40. The van der Waals surface area contributed by atoms with Crippen molar-refractivity contribution in [1.82, 2.24) is 4.90 Å². The molecule has 1 heterocycles. The van der Waals surface area contributed by atoms with Crippen LogP contribution in [-0.4, -0.2) is 41.5 Å². The van der Waals surface area contributed by atoms with Crippen molar-refractivity contribution >= 4 is 17.4 Å². The van der Waals surface area contributed by atoms with Crippen molar-refractivity contribution in [3.8, 4) is 11.5 Å². The number of aliphatic hydroxyl groups excluding tert-OH is 1. The lowest BCUT2D eigenvalue weighted by molar-refractivity contribution is -0.139. The number of hydrogen-bond acceptors (Lipinski definition) is 5. The Balaban J connectivity index is 1.77. The minimum Gasteiger partial charge on any atom is -0.507 e. The Morgan fingerprint density at radius 2 is 1.54 bits per heavy atom. The molecule has 0 radical (unpaired) electrons. The molecular weight excluding hydrogens is 442 g/mol. The summed E-state index contributed by atoms with van der Waals surface area (Å²) in [5.41, 5.74) is 2.28. The summed E-state index contributed by atoms with van der Waals surface area (Å²) in [6, 6.07) is 23.2. The molecule has 1 unspecified atom stereocenters. The molecule has 1 aliphatic heterocycles. The van der Waals surface area contributed by atoms with E-state index in [0.717, 1.165) is 5.56 Å². The molecule has 1 atom stereocenters. The second-order valence-electron chi connectivity index (χ2n) is 8.19. The van der Waals surface area contributed by atoms with E-state index < -0.39 is 17.7 Å². The Morgan fingerprint density at radius 1 is 0.857 bits per heavy atom. The number of benzene rings is 3. The van der Waals surface area contributed by atoms with Gasteiger partial charge < -0.3 is 19.5 Å². The number of hydrogen-bond donors (Lipinski definition) is 1. The number of Topliss-reactive ketones (excluding diaryl/α,β-unsaturated/α-hetero) is 1. The quantitative estimate of drug-likeness (QED) is 0.265. The van der Waals surface area contributed by atoms with E-state index in [-0.39, 0.29) is 11.3 Å². The van der Waals surface area contributed by atoms with Crippen LogP contribution in [0.2, 0.25) is 0 Å². The summed E-state index contributed by atoms with van der Waals surface area (Å²) in [5.74, 6) is -0.232. The number of carbonyl (C=O) groups excluding carboxylic acids is 2. The lowest BCUT2D eigenvalue weighted by atomic mass is 9.95. The summed E-state index contributed by atoms with van der Waals surface area (Å²) in [6.07, 6.45) is 0.582. The molecule has 6 nitrogen and oxygen atoms in total. The van der Waals surface area contributed by atoms with Gasteiger partial charge in [-0.25, -0.2) is 0 Å². The van der Waals surface area contributed by atoms with Gasteiger partial charge in [-0.2, -0.15) is 0 Å². The number of nitrogens with zero attached hydrogens (tertiary/aromatic N) is 1. The second-order valence-corrected chi connectivity index (χ2v) is 8.19. The monoisotopic (exact) mass is 471 g/mol. The van der Waals surface area contributed by atoms with Crippen molar-refractivity contribution < 1.29 is 24.2 Å². The van der Waals surface area contributed by atoms with Crippen molar-refractivity contribution in [3.63, 3.8) is 0 Å². The molecule has 1 N–H and O–H groups in total. The average Bonchev–Trinajstić information content (AvgIpc) is 3.13. The second kappa shape index (κ2) is 10.9. The first-order chi connectivity index (χ1) is 17.0. The first-order valence-corrected chi connectivity index (χ1v) is 11.8. The van der Waals surface area contributed by atoms with Crippen LogP contribution in [-0.2, 0) is 16.0 Å². The number of ether oxygens (including phenoxy) is 2. The zero-order valence-corrected chi connectivity index (χ0v) is 19.9. The fourth-order valence-electron chi connectivity index (χ4n) is 4.32. The van der Waals surface area contributed by atoms with Gasteiger partial charge in [0.25, 0.3) is 11.7 Å². The molecule has 3 aromatic carbocycles. The largest absolute Gasteiger partial charge is 0.507 e. The van der Waals surface area contributed by atoms with E-state index in [4.69, 9.17) is 9.47 Å².